The first-order chi connectivity index (χ1) is 12.3. The Kier molecular flexibility index (Phi) is 4.49. The summed E-state index contributed by atoms with van der Waals surface area (Å²) in [6.45, 7) is 1.55. The molecule has 0 radical (unpaired) electrons. The van der Waals surface area contributed by atoms with E-state index in [4.69, 9.17) is 4.74 Å². The van der Waals surface area contributed by atoms with Crippen LogP contribution in [0.15, 0.2) is 66.7 Å². The highest BCUT2D eigenvalue weighted by Crippen LogP contribution is 2.26. The zero-order valence-corrected chi connectivity index (χ0v) is 14.1. The molecule has 0 saturated carbocycles. The molecule has 0 saturated heterocycles. The van der Waals surface area contributed by atoms with Gasteiger partial charge in [-0.15, -0.1) is 0 Å². The van der Waals surface area contributed by atoms with Crippen LogP contribution in [0.4, 0.5) is 0 Å². The van der Waals surface area contributed by atoms with Crippen molar-refractivity contribution >= 4 is 16.6 Å². The van der Waals surface area contributed by atoms with Gasteiger partial charge in [-0.2, -0.15) is 0 Å². The van der Waals surface area contributed by atoms with Gasteiger partial charge < -0.3 is 10.1 Å². The van der Waals surface area contributed by atoms with Crippen LogP contribution in [0.5, 0.6) is 5.75 Å². The van der Waals surface area contributed by atoms with Gasteiger partial charge in [0.25, 0.3) is 0 Å². The van der Waals surface area contributed by atoms with Crippen LogP contribution >= 0.6 is 0 Å². The quantitative estimate of drug-likeness (QED) is 0.718. The zero-order chi connectivity index (χ0) is 17.1. The number of carbonyl (C=O) groups excluding carboxylic acids is 1. The molecule has 4 rings (SSSR count). The topological polar surface area (TPSA) is 38.3 Å². The monoisotopic (exact) mass is 331 g/mol. The predicted molar refractivity (Wildman–Crippen MR) is 100 cm³/mol. The van der Waals surface area contributed by atoms with E-state index in [-0.39, 0.29) is 11.9 Å². The average molecular weight is 331 g/mol. The highest BCUT2D eigenvalue weighted by atomic mass is 16.5. The van der Waals surface area contributed by atoms with Crippen LogP contribution in [-0.4, -0.2) is 25.0 Å². The maximum Gasteiger partial charge on any atom is 0.170 e. The smallest absolute Gasteiger partial charge is 0.170 e. The van der Waals surface area contributed by atoms with Crippen LogP contribution < -0.4 is 10.1 Å². The second kappa shape index (κ2) is 7.08. The van der Waals surface area contributed by atoms with E-state index in [9.17, 15) is 4.79 Å². The third-order valence-corrected chi connectivity index (χ3v) is 4.72. The molecule has 0 amide bonds. The van der Waals surface area contributed by atoms with Crippen LogP contribution in [0, 0.1) is 0 Å². The number of ketones is 1. The van der Waals surface area contributed by atoms with E-state index in [1.165, 1.54) is 16.3 Å². The fourth-order valence-corrected chi connectivity index (χ4v) is 3.45. The van der Waals surface area contributed by atoms with Gasteiger partial charge in [-0.3, -0.25) is 4.79 Å². The highest BCUT2D eigenvalue weighted by Gasteiger charge is 2.25. The summed E-state index contributed by atoms with van der Waals surface area (Å²) >= 11 is 0. The van der Waals surface area contributed by atoms with Gasteiger partial charge in [-0.05, 0) is 41.4 Å². The van der Waals surface area contributed by atoms with Gasteiger partial charge in [0.05, 0.1) is 5.56 Å². The van der Waals surface area contributed by atoms with Gasteiger partial charge in [0.1, 0.15) is 11.9 Å². The van der Waals surface area contributed by atoms with Gasteiger partial charge in [0, 0.05) is 13.0 Å². The summed E-state index contributed by atoms with van der Waals surface area (Å²) in [6.07, 6.45) is 1.31. The van der Waals surface area contributed by atoms with Gasteiger partial charge in [0.15, 0.2) is 5.78 Å². The van der Waals surface area contributed by atoms with Crippen molar-refractivity contribution in [3.05, 3.63) is 77.9 Å². The minimum atomic E-state index is -0.0880. The summed E-state index contributed by atoms with van der Waals surface area (Å²) in [7, 11) is 0. The first-order valence-electron chi connectivity index (χ1n) is 8.77. The molecule has 0 bridgehead atoms. The summed E-state index contributed by atoms with van der Waals surface area (Å²) in [5, 5.41) is 6.03. The lowest BCUT2D eigenvalue weighted by Crippen LogP contribution is -2.37. The SMILES string of the molecule is O=C1C[C@H](CNCCc2cccc3ccccc23)Oc2ccccc21. The molecule has 0 fully saturated rings. The molecule has 1 N–H and O–H groups in total. The number of hydrogen-bond donors (Lipinski definition) is 1. The van der Waals surface area contributed by atoms with Crippen LogP contribution in [0.25, 0.3) is 10.8 Å². The summed E-state index contributed by atoms with van der Waals surface area (Å²) in [5.41, 5.74) is 2.05. The third-order valence-electron chi connectivity index (χ3n) is 4.72. The fourth-order valence-electron chi connectivity index (χ4n) is 3.45. The highest BCUT2D eigenvalue weighted by molar-refractivity contribution is 5.99. The lowest BCUT2D eigenvalue weighted by molar-refractivity contribution is 0.0849. The van der Waals surface area contributed by atoms with Crippen LogP contribution in [0.2, 0.25) is 0 Å². The van der Waals surface area contributed by atoms with Crippen LogP contribution in [-0.2, 0) is 6.42 Å². The Balaban J connectivity index is 1.34. The molecule has 1 aliphatic heterocycles. The van der Waals surface area contributed by atoms with Gasteiger partial charge >= 0.3 is 0 Å². The lowest BCUT2D eigenvalue weighted by Gasteiger charge is -2.25. The van der Waals surface area contributed by atoms with Crippen molar-refractivity contribution in [1.29, 1.82) is 0 Å². The number of ether oxygens (including phenoxy) is 1. The van der Waals surface area contributed by atoms with Crippen molar-refractivity contribution in [2.45, 2.75) is 18.9 Å². The first-order valence-corrected chi connectivity index (χ1v) is 8.77. The average Bonchev–Trinajstić information content (AvgIpc) is 2.65. The number of nitrogens with one attached hydrogen (secondary N) is 1. The van der Waals surface area contributed by atoms with Gasteiger partial charge in [0.2, 0.25) is 0 Å². The molecule has 1 aliphatic rings. The number of Topliss-reactive ketones (excluding diaryl/α,β-unsaturated/α-hetero) is 1. The summed E-state index contributed by atoms with van der Waals surface area (Å²) in [4.78, 5) is 12.2. The predicted octanol–water partition coefficient (Wildman–Crippen LogP) is 4.01. The van der Waals surface area contributed by atoms with Crippen LogP contribution in [0.3, 0.4) is 0 Å². The van der Waals surface area contributed by atoms with E-state index in [0.29, 0.717) is 24.3 Å². The molecule has 1 heterocycles. The Hall–Kier alpha value is -2.65. The Morgan fingerprint density at radius 1 is 0.960 bits per heavy atom. The fraction of sp³-hybridized carbons (Fsp3) is 0.227. The molecule has 25 heavy (non-hydrogen) atoms. The molecule has 3 aromatic carbocycles. The zero-order valence-electron chi connectivity index (χ0n) is 14.1. The first kappa shape index (κ1) is 15.9. The van der Waals surface area contributed by atoms with E-state index in [0.717, 1.165) is 13.0 Å². The van der Waals surface area contributed by atoms with E-state index in [1.807, 2.05) is 24.3 Å². The maximum absolute atomic E-state index is 12.2. The van der Waals surface area contributed by atoms with Gasteiger partial charge in [-0.1, -0.05) is 54.6 Å². The maximum atomic E-state index is 12.2. The molecule has 3 heteroatoms. The minimum Gasteiger partial charge on any atom is -0.488 e. The number of hydrogen-bond acceptors (Lipinski definition) is 3. The second-order valence-electron chi connectivity index (χ2n) is 6.46. The molecule has 3 nitrogen and oxygen atoms in total. The lowest BCUT2D eigenvalue weighted by atomic mass is 10.0. The van der Waals surface area contributed by atoms with Crippen molar-refractivity contribution in [3.63, 3.8) is 0 Å². The number of benzene rings is 3. The number of para-hydroxylation sites is 1. The van der Waals surface area contributed by atoms with E-state index < -0.39 is 0 Å². The molecular formula is C22H21NO2. The molecule has 1 atom stereocenters. The Morgan fingerprint density at radius 3 is 2.72 bits per heavy atom. The summed E-state index contributed by atoms with van der Waals surface area (Å²) in [5.74, 6) is 0.877. The van der Waals surface area contributed by atoms with E-state index in [1.54, 1.807) is 0 Å². The summed E-state index contributed by atoms with van der Waals surface area (Å²) < 4.78 is 5.94. The molecule has 126 valence electrons. The standard InChI is InChI=1S/C22H21NO2/c24-21-14-18(25-22-11-4-3-10-20(21)22)15-23-13-12-17-8-5-7-16-6-1-2-9-19(16)17/h1-11,18,23H,12-15H2/t18-/m1/s1. The molecule has 0 aromatic heterocycles. The van der Waals surface area contributed by atoms with Crippen molar-refractivity contribution in [2.75, 3.05) is 13.1 Å². The number of fused-ring (bicyclic) bond motifs is 2. The van der Waals surface area contributed by atoms with Crippen molar-refractivity contribution in [3.8, 4) is 5.75 Å². The molecule has 0 aliphatic carbocycles. The molecule has 0 spiro atoms. The van der Waals surface area contributed by atoms with E-state index >= 15 is 0 Å². The summed E-state index contributed by atoms with van der Waals surface area (Å²) in [6, 6.07) is 22.4. The normalized spacial score (nSPS) is 16.5. The van der Waals surface area contributed by atoms with Crippen molar-refractivity contribution in [2.24, 2.45) is 0 Å². The third kappa shape index (κ3) is 3.42. The molecule has 3 aromatic rings. The van der Waals surface area contributed by atoms with Crippen molar-refractivity contribution < 1.29 is 9.53 Å². The van der Waals surface area contributed by atoms with Crippen molar-refractivity contribution in [1.82, 2.24) is 5.32 Å². The molecule has 0 unspecified atom stereocenters. The van der Waals surface area contributed by atoms with Crippen LogP contribution in [0.1, 0.15) is 22.3 Å². The minimum absolute atomic E-state index is 0.0880. The second-order valence-corrected chi connectivity index (χ2v) is 6.46. The molecular weight excluding hydrogens is 310 g/mol. The Morgan fingerprint density at radius 2 is 1.76 bits per heavy atom. The van der Waals surface area contributed by atoms with E-state index in [2.05, 4.69) is 47.8 Å². The Labute approximate surface area is 147 Å². The van der Waals surface area contributed by atoms with Gasteiger partial charge in [-0.25, -0.2) is 0 Å². The number of carbonyl (C=O) groups is 1. The largest absolute Gasteiger partial charge is 0.488 e. The Bertz CT molecular complexity index is 898. The number of rotatable bonds is 5.